The first-order valence-electron chi connectivity index (χ1n) is 7.07. The molecule has 1 aliphatic carbocycles. The summed E-state index contributed by atoms with van der Waals surface area (Å²) in [6, 6.07) is 2.87. The van der Waals surface area contributed by atoms with Gasteiger partial charge >= 0.3 is 0 Å². The Hall–Kier alpha value is -0.870. The Labute approximate surface area is 110 Å². The molecule has 2 rings (SSSR count). The van der Waals surface area contributed by atoms with Crippen LogP contribution in [0.5, 0.6) is 0 Å². The zero-order valence-electron chi connectivity index (χ0n) is 11.9. The normalized spacial score (nSPS) is 24.1. The van der Waals surface area contributed by atoms with Crippen molar-refractivity contribution in [3.63, 3.8) is 0 Å². The van der Waals surface area contributed by atoms with E-state index in [-0.39, 0.29) is 0 Å². The molecular formula is C14H26N4. The molecule has 1 fully saturated rings. The summed E-state index contributed by atoms with van der Waals surface area (Å²) in [6.07, 6.45) is 4.91. The molecule has 0 amide bonds. The van der Waals surface area contributed by atoms with Crippen LogP contribution in [0.4, 0.5) is 0 Å². The van der Waals surface area contributed by atoms with Crippen LogP contribution in [0.3, 0.4) is 0 Å². The second-order valence-corrected chi connectivity index (χ2v) is 5.51. The zero-order chi connectivity index (χ0) is 13.1. The zero-order valence-corrected chi connectivity index (χ0v) is 11.9. The van der Waals surface area contributed by atoms with E-state index >= 15 is 0 Å². The van der Waals surface area contributed by atoms with Gasteiger partial charge in [0.25, 0.3) is 0 Å². The lowest BCUT2D eigenvalue weighted by atomic mass is 10.0. The molecule has 4 nitrogen and oxygen atoms in total. The summed E-state index contributed by atoms with van der Waals surface area (Å²) in [5.74, 6) is 0.675. The number of hydrogen-bond acceptors (Lipinski definition) is 3. The monoisotopic (exact) mass is 250 g/mol. The minimum Gasteiger partial charge on any atom is -0.330 e. The topological polar surface area (TPSA) is 47.1 Å². The van der Waals surface area contributed by atoms with E-state index in [0.717, 1.165) is 19.5 Å². The Morgan fingerprint density at radius 2 is 2.28 bits per heavy atom. The molecule has 1 aromatic heterocycles. The summed E-state index contributed by atoms with van der Waals surface area (Å²) in [4.78, 5) is 2.46. The van der Waals surface area contributed by atoms with Gasteiger partial charge in [-0.1, -0.05) is 13.3 Å². The molecule has 0 aromatic carbocycles. The standard InChI is InChI=1S/C14H26N4/c1-4-12-8-13(18(3)16-12)10-17(2)14-7-5-6-11(14)9-15/h8,11,14H,4-7,9-10,15H2,1-3H3. The van der Waals surface area contributed by atoms with Gasteiger partial charge in [-0.3, -0.25) is 9.58 Å². The average molecular weight is 250 g/mol. The van der Waals surface area contributed by atoms with Crippen LogP contribution in [0.25, 0.3) is 0 Å². The quantitative estimate of drug-likeness (QED) is 0.862. The third-order valence-electron chi connectivity index (χ3n) is 4.29. The van der Waals surface area contributed by atoms with Crippen LogP contribution in [-0.4, -0.2) is 34.3 Å². The van der Waals surface area contributed by atoms with Gasteiger partial charge in [0.1, 0.15) is 0 Å². The maximum absolute atomic E-state index is 5.87. The molecule has 0 aliphatic heterocycles. The van der Waals surface area contributed by atoms with Crippen LogP contribution in [0, 0.1) is 5.92 Å². The molecule has 2 atom stereocenters. The van der Waals surface area contributed by atoms with Crippen molar-refractivity contribution in [2.75, 3.05) is 13.6 Å². The molecule has 102 valence electrons. The van der Waals surface area contributed by atoms with Crippen LogP contribution >= 0.6 is 0 Å². The van der Waals surface area contributed by atoms with Gasteiger partial charge in [-0.05, 0) is 44.8 Å². The molecule has 1 heterocycles. The Morgan fingerprint density at radius 3 is 2.89 bits per heavy atom. The first kappa shape index (κ1) is 13.6. The van der Waals surface area contributed by atoms with Gasteiger partial charge < -0.3 is 5.73 Å². The maximum Gasteiger partial charge on any atom is 0.0625 e. The van der Waals surface area contributed by atoms with Gasteiger partial charge in [0, 0.05) is 19.6 Å². The average Bonchev–Trinajstić information content (AvgIpc) is 2.96. The minimum absolute atomic E-state index is 0.648. The minimum atomic E-state index is 0.648. The van der Waals surface area contributed by atoms with Crippen molar-refractivity contribution >= 4 is 0 Å². The first-order chi connectivity index (χ1) is 8.65. The van der Waals surface area contributed by atoms with Crippen molar-refractivity contribution < 1.29 is 0 Å². The predicted molar refractivity (Wildman–Crippen MR) is 74.2 cm³/mol. The van der Waals surface area contributed by atoms with Gasteiger partial charge in [0.2, 0.25) is 0 Å². The number of nitrogens with zero attached hydrogens (tertiary/aromatic N) is 3. The number of hydrogen-bond donors (Lipinski definition) is 1. The fourth-order valence-electron chi connectivity index (χ4n) is 3.14. The smallest absolute Gasteiger partial charge is 0.0625 e. The van der Waals surface area contributed by atoms with Crippen molar-refractivity contribution in [1.82, 2.24) is 14.7 Å². The Bertz CT molecular complexity index is 385. The van der Waals surface area contributed by atoms with E-state index < -0.39 is 0 Å². The van der Waals surface area contributed by atoms with Gasteiger partial charge in [-0.15, -0.1) is 0 Å². The van der Waals surface area contributed by atoms with Crippen molar-refractivity contribution in [3.8, 4) is 0 Å². The largest absolute Gasteiger partial charge is 0.330 e. The summed E-state index contributed by atoms with van der Waals surface area (Å²) < 4.78 is 2.02. The molecule has 1 aliphatic rings. The summed E-state index contributed by atoms with van der Waals surface area (Å²) >= 11 is 0. The molecule has 0 bridgehead atoms. The molecule has 0 saturated heterocycles. The van der Waals surface area contributed by atoms with Gasteiger partial charge in [-0.2, -0.15) is 5.10 Å². The van der Waals surface area contributed by atoms with Gasteiger partial charge in [-0.25, -0.2) is 0 Å². The van der Waals surface area contributed by atoms with Gasteiger partial charge in [0.15, 0.2) is 0 Å². The third kappa shape index (κ3) is 2.75. The van der Waals surface area contributed by atoms with Crippen LogP contribution < -0.4 is 5.73 Å². The fraction of sp³-hybridized carbons (Fsp3) is 0.786. The number of nitrogens with two attached hydrogens (primary N) is 1. The highest BCUT2D eigenvalue weighted by molar-refractivity contribution is 5.10. The molecule has 2 unspecified atom stereocenters. The van der Waals surface area contributed by atoms with E-state index in [1.54, 1.807) is 0 Å². The lowest BCUT2D eigenvalue weighted by molar-refractivity contribution is 0.188. The van der Waals surface area contributed by atoms with E-state index in [1.807, 2.05) is 11.7 Å². The first-order valence-corrected chi connectivity index (χ1v) is 7.07. The molecule has 2 N–H and O–H groups in total. The van der Waals surface area contributed by atoms with E-state index in [4.69, 9.17) is 5.73 Å². The maximum atomic E-state index is 5.87. The number of rotatable bonds is 5. The van der Waals surface area contributed by atoms with Gasteiger partial charge in [0.05, 0.1) is 11.4 Å². The second kappa shape index (κ2) is 5.85. The van der Waals surface area contributed by atoms with E-state index in [2.05, 4.69) is 30.0 Å². The summed E-state index contributed by atoms with van der Waals surface area (Å²) in [5, 5.41) is 4.51. The summed E-state index contributed by atoms with van der Waals surface area (Å²) in [5.41, 5.74) is 8.35. The predicted octanol–water partition coefficient (Wildman–Crippen LogP) is 1.54. The number of aromatic nitrogens is 2. The molecule has 1 aromatic rings. The molecule has 18 heavy (non-hydrogen) atoms. The second-order valence-electron chi connectivity index (χ2n) is 5.51. The summed E-state index contributed by atoms with van der Waals surface area (Å²) in [7, 11) is 4.26. The van der Waals surface area contributed by atoms with Crippen molar-refractivity contribution in [2.45, 2.75) is 45.2 Å². The van der Waals surface area contributed by atoms with Crippen molar-refractivity contribution in [2.24, 2.45) is 18.7 Å². The Morgan fingerprint density at radius 1 is 1.50 bits per heavy atom. The van der Waals surface area contributed by atoms with E-state index in [1.165, 1.54) is 30.7 Å². The number of aryl methyl sites for hydroxylation is 2. The highest BCUT2D eigenvalue weighted by Gasteiger charge is 2.29. The highest BCUT2D eigenvalue weighted by Crippen LogP contribution is 2.29. The van der Waals surface area contributed by atoms with E-state index in [9.17, 15) is 0 Å². The lowest BCUT2D eigenvalue weighted by Gasteiger charge is -2.28. The fourth-order valence-corrected chi connectivity index (χ4v) is 3.14. The Kier molecular flexibility index (Phi) is 4.40. The van der Waals surface area contributed by atoms with Crippen LogP contribution in [-0.2, 0) is 20.0 Å². The lowest BCUT2D eigenvalue weighted by Crippen LogP contribution is -2.37. The molecular weight excluding hydrogens is 224 g/mol. The molecule has 0 spiro atoms. The highest BCUT2D eigenvalue weighted by atomic mass is 15.3. The molecule has 4 heteroatoms. The molecule has 0 radical (unpaired) electrons. The van der Waals surface area contributed by atoms with Crippen LogP contribution in [0.15, 0.2) is 6.07 Å². The summed E-state index contributed by atoms with van der Waals surface area (Å²) in [6.45, 7) is 3.95. The molecule has 1 saturated carbocycles. The van der Waals surface area contributed by atoms with E-state index in [0.29, 0.717) is 12.0 Å². The van der Waals surface area contributed by atoms with Crippen LogP contribution in [0.2, 0.25) is 0 Å². The van der Waals surface area contributed by atoms with Crippen LogP contribution in [0.1, 0.15) is 37.6 Å². The third-order valence-corrected chi connectivity index (χ3v) is 4.29. The van der Waals surface area contributed by atoms with Crippen molar-refractivity contribution in [1.29, 1.82) is 0 Å². The SMILES string of the molecule is CCc1cc(CN(C)C2CCCC2CN)n(C)n1. The van der Waals surface area contributed by atoms with Crippen molar-refractivity contribution in [3.05, 3.63) is 17.5 Å². The Balaban J connectivity index is 2.01.